The molecule has 22 heavy (non-hydrogen) atoms. The Balaban J connectivity index is 2.15. The Morgan fingerprint density at radius 1 is 1.18 bits per heavy atom. The molecule has 1 amide bonds. The van der Waals surface area contributed by atoms with Gasteiger partial charge in [-0.2, -0.15) is 0 Å². The van der Waals surface area contributed by atoms with E-state index in [9.17, 15) is 4.79 Å². The summed E-state index contributed by atoms with van der Waals surface area (Å²) in [5.74, 6) is 0.0228. The van der Waals surface area contributed by atoms with Crippen LogP contribution in [0.5, 0.6) is 5.75 Å². The number of methoxy groups -OCH3 is 1. The fraction of sp³-hybridized carbons (Fsp3) is 0.188. The number of anilines is 1. The highest BCUT2D eigenvalue weighted by Crippen LogP contribution is 2.34. The summed E-state index contributed by atoms with van der Waals surface area (Å²) in [7, 11) is 1.46. The van der Waals surface area contributed by atoms with Gasteiger partial charge in [-0.25, -0.2) is 0 Å². The maximum Gasteiger partial charge on any atom is 0.255 e. The third-order valence-electron chi connectivity index (χ3n) is 3.08. The zero-order valence-electron chi connectivity index (χ0n) is 11.9. The van der Waals surface area contributed by atoms with Gasteiger partial charge in [0.1, 0.15) is 0 Å². The van der Waals surface area contributed by atoms with Crippen molar-refractivity contribution in [1.82, 2.24) is 0 Å². The van der Waals surface area contributed by atoms with E-state index in [1.807, 2.05) is 12.1 Å². The first-order valence-electron chi connectivity index (χ1n) is 6.59. The van der Waals surface area contributed by atoms with Crippen LogP contribution in [0.2, 0.25) is 10.0 Å². The van der Waals surface area contributed by atoms with Crippen LogP contribution in [0, 0.1) is 0 Å². The van der Waals surface area contributed by atoms with E-state index in [2.05, 4.69) is 5.32 Å². The van der Waals surface area contributed by atoms with Crippen molar-refractivity contribution in [3.05, 3.63) is 57.6 Å². The second-order valence-corrected chi connectivity index (χ2v) is 5.41. The first-order valence-corrected chi connectivity index (χ1v) is 7.35. The van der Waals surface area contributed by atoms with Crippen molar-refractivity contribution in [3.63, 3.8) is 0 Å². The third kappa shape index (κ3) is 3.91. The minimum absolute atomic E-state index is 0.0918. The molecule has 0 saturated carbocycles. The van der Waals surface area contributed by atoms with Gasteiger partial charge in [0.2, 0.25) is 0 Å². The van der Waals surface area contributed by atoms with Gasteiger partial charge < -0.3 is 15.2 Å². The summed E-state index contributed by atoms with van der Waals surface area (Å²) in [5.41, 5.74) is 1.99. The molecule has 0 spiro atoms. The standard InChI is InChI=1S/C16H15Cl2NO3/c1-22-15-13(17)8-11(9-14(15)18)16(21)19-12-4-2-10(3-5-12)6-7-20/h2-5,8-9,20H,6-7H2,1H3,(H,19,21). The number of amides is 1. The number of rotatable bonds is 5. The second kappa shape index (κ2) is 7.49. The Morgan fingerprint density at radius 3 is 2.27 bits per heavy atom. The summed E-state index contributed by atoms with van der Waals surface area (Å²) in [6.45, 7) is 0.0918. The smallest absolute Gasteiger partial charge is 0.255 e. The number of aliphatic hydroxyl groups is 1. The summed E-state index contributed by atoms with van der Waals surface area (Å²) in [4.78, 5) is 12.2. The van der Waals surface area contributed by atoms with Gasteiger partial charge >= 0.3 is 0 Å². The zero-order chi connectivity index (χ0) is 16.1. The number of nitrogens with one attached hydrogen (secondary N) is 1. The SMILES string of the molecule is COc1c(Cl)cc(C(=O)Nc2ccc(CCO)cc2)cc1Cl. The van der Waals surface area contributed by atoms with Gasteiger partial charge in [-0.3, -0.25) is 4.79 Å². The van der Waals surface area contributed by atoms with E-state index in [-0.39, 0.29) is 22.6 Å². The summed E-state index contributed by atoms with van der Waals surface area (Å²) in [6, 6.07) is 10.2. The minimum atomic E-state index is -0.318. The number of hydrogen-bond donors (Lipinski definition) is 2. The van der Waals surface area contributed by atoms with Crippen molar-refractivity contribution in [2.24, 2.45) is 0 Å². The molecule has 0 bridgehead atoms. The topological polar surface area (TPSA) is 58.6 Å². The van der Waals surface area contributed by atoms with Gasteiger partial charge in [0.25, 0.3) is 5.91 Å². The predicted octanol–water partition coefficient (Wildman–Crippen LogP) is 3.79. The molecule has 2 aromatic carbocycles. The lowest BCUT2D eigenvalue weighted by Crippen LogP contribution is -2.12. The number of benzene rings is 2. The fourth-order valence-corrected chi connectivity index (χ4v) is 2.61. The van der Waals surface area contributed by atoms with Crippen LogP contribution in [-0.2, 0) is 6.42 Å². The molecule has 2 aromatic rings. The Morgan fingerprint density at radius 2 is 1.77 bits per heavy atom. The van der Waals surface area contributed by atoms with Crippen molar-refractivity contribution >= 4 is 34.8 Å². The van der Waals surface area contributed by atoms with Crippen molar-refractivity contribution in [2.75, 3.05) is 19.0 Å². The molecule has 0 aliphatic carbocycles. The lowest BCUT2D eigenvalue weighted by molar-refractivity contribution is 0.102. The predicted molar refractivity (Wildman–Crippen MR) is 88.2 cm³/mol. The molecule has 2 rings (SSSR count). The highest BCUT2D eigenvalue weighted by atomic mass is 35.5. The van der Waals surface area contributed by atoms with Gasteiger partial charge in [0.15, 0.2) is 5.75 Å². The van der Waals surface area contributed by atoms with Gasteiger partial charge in [-0.05, 0) is 36.2 Å². The highest BCUT2D eigenvalue weighted by Gasteiger charge is 2.13. The van der Waals surface area contributed by atoms with Crippen molar-refractivity contribution < 1.29 is 14.6 Å². The van der Waals surface area contributed by atoms with Gasteiger partial charge in [0.05, 0.1) is 17.2 Å². The molecular formula is C16H15Cl2NO3. The molecule has 0 aliphatic rings. The molecule has 0 aliphatic heterocycles. The lowest BCUT2D eigenvalue weighted by atomic mass is 10.1. The van der Waals surface area contributed by atoms with E-state index in [1.165, 1.54) is 19.2 Å². The molecule has 0 saturated heterocycles. The van der Waals surface area contributed by atoms with Gasteiger partial charge in [-0.1, -0.05) is 35.3 Å². The molecule has 116 valence electrons. The van der Waals surface area contributed by atoms with Crippen LogP contribution in [0.3, 0.4) is 0 Å². The number of hydrogen-bond acceptors (Lipinski definition) is 3. The number of carbonyl (C=O) groups excluding carboxylic acids is 1. The molecule has 4 nitrogen and oxygen atoms in total. The number of aliphatic hydroxyl groups excluding tert-OH is 1. The molecule has 0 heterocycles. The second-order valence-electron chi connectivity index (χ2n) is 4.60. The van der Waals surface area contributed by atoms with E-state index < -0.39 is 0 Å². The summed E-state index contributed by atoms with van der Waals surface area (Å²) in [6.07, 6.45) is 0.581. The maximum absolute atomic E-state index is 12.2. The molecule has 2 N–H and O–H groups in total. The average Bonchev–Trinajstić information content (AvgIpc) is 2.49. The van der Waals surface area contributed by atoms with Gasteiger partial charge in [0, 0.05) is 17.9 Å². The first kappa shape index (κ1) is 16.6. The van der Waals surface area contributed by atoms with Crippen LogP contribution in [0.25, 0.3) is 0 Å². The van der Waals surface area contributed by atoms with E-state index in [4.69, 9.17) is 33.0 Å². The van der Waals surface area contributed by atoms with Crippen molar-refractivity contribution in [2.45, 2.75) is 6.42 Å². The fourth-order valence-electron chi connectivity index (χ4n) is 1.97. The average molecular weight is 340 g/mol. The molecule has 0 radical (unpaired) electrons. The minimum Gasteiger partial charge on any atom is -0.494 e. The van der Waals surface area contributed by atoms with E-state index >= 15 is 0 Å². The monoisotopic (exact) mass is 339 g/mol. The molecule has 6 heteroatoms. The number of halogens is 2. The third-order valence-corrected chi connectivity index (χ3v) is 3.64. The van der Waals surface area contributed by atoms with Crippen LogP contribution in [0.4, 0.5) is 5.69 Å². The van der Waals surface area contributed by atoms with Crippen molar-refractivity contribution in [3.8, 4) is 5.75 Å². The maximum atomic E-state index is 12.2. The molecular weight excluding hydrogens is 325 g/mol. The molecule has 0 aromatic heterocycles. The summed E-state index contributed by atoms with van der Waals surface area (Å²) < 4.78 is 5.05. The van der Waals surface area contributed by atoms with Crippen LogP contribution in [0.1, 0.15) is 15.9 Å². The zero-order valence-corrected chi connectivity index (χ0v) is 13.4. The van der Waals surface area contributed by atoms with E-state index in [0.717, 1.165) is 5.56 Å². The molecule has 0 atom stereocenters. The lowest BCUT2D eigenvalue weighted by Gasteiger charge is -2.10. The molecule has 0 unspecified atom stereocenters. The van der Waals surface area contributed by atoms with Crippen LogP contribution in [0.15, 0.2) is 36.4 Å². The van der Waals surface area contributed by atoms with E-state index in [1.54, 1.807) is 12.1 Å². The van der Waals surface area contributed by atoms with Crippen LogP contribution in [-0.4, -0.2) is 24.7 Å². The summed E-state index contributed by atoms with van der Waals surface area (Å²) in [5, 5.41) is 12.2. The number of carbonyl (C=O) groups is 1. The summed E-state index contributed by atoms with van der Waals surface area (Å²) >= 11 is 12.0. The highest BCUT2D eigenvalue weighted by molar-refractivity contribution is 6.37. The Labute approximate surface area is 138 Å². The Hall–Kier alpha value is -1.75. The van der Waals surface area contributed by atoms with Crippen molar-refractivity contribution in [1.29, 1.82) is 0 Å². The normalized spacial score (nSPS) is 10.4. The Bertz CT molecular complexity index is 649. The van der Waals surface area contributed by atoms with Gasteiger partial charge in [-0.15, -0.1) is 0 Å². The largest absolute Gasteiger partial charge is 0.494 e. The van der Waals surface area contributed by atoms with Crippen LogP contribution >= 0.6 is 23.2 Å². The quantitative estimate of drug-likeness (QED) is 0.871. The number of ether oxygens (including phenoxy) is 1. The Kier molecular flexibility index (Phi) is 5.66. The first-order chi connectivity index (χ1) is 10.5. The van der Waals surface area contributed by atoms with Crippen LogP contribution < -0.4 is 10.1 Å². The molecule has 0 fully saturated rings. The van der Waals surface area contributed by atoms with E-state index in [0.29, 0.717) is 23.4 Å².